The van der Waals surface area contributed by atoms with Crippen LogP contribution in [0.25, 0.3) is 0 Å². The highest BCUT2D eigenvalue weighted by atomic mass is 32.1. The maximum atomic E-state index is 13.6. The van der Waals surface area contributed by atoms with Gasteiger partial charge in [0.2, 0.25) is 0 Å². The molecule has 0 spiro atoms. The van der Waals surface area contributed by atoms with Crippen molar-refractivity contribution in [2.24, 2.45) is 0 Å². The number of benzene rings is 2. The van der Waals surface area contributed by atoms with Crippen LogP contribution in [0.15, 0.2) is 66.0 Å². The topological polar surface area (TPSA) is 58.6 Å². The number of anilines is 1. The first-order valence-electron chi connectivity index (χ1n) is 7.63. The van der Waals surface area contributed by atoms with Gasteiger partial charge in [-0.05, 0) is 41.8 Å². The smallest absolute Gasteiger partial charge is 0.265 e. The lowest BCUT2D eigenvalue weighted by atomic mass is 10.1. The predicted octanol–water partition coefficient (Wildman–Crippen LogP) is 4.25. The van der Waals surface area contributed by atoms with Crippen molar-refractivity contribution in [3.63, 3.8) is 0 Å². The van der Waals surface area contributed by atoms with Gasteiger partial charge in [0.15, 0.2) is 0 Å². The molecule has 3 aromatic rings. The third-order valence-electron chi connectivity index (χ3n) is 3.53. The first-order valence-corrected chi connectivity index (χ1v) is 8.51. The molecular formula is C19H16FNO3S. The van der Waals surface area contributed by atoms with Gasteiger partial charge in [0, 0.05) is 11.3 Å². The zero-order valence-electron chi connectivity index (χ0n) is 13.2. The van der Waals surface area contributed by atoms with Crippen LogP contribution in [0.2, 0.25) is 0 Å². The fourth-order valence-electron chi connectivity index (χ4n) is 2.25. The molecule has 0 bridgehead atoms. The van der Waals surface area contributed by atoms with Crippen LogP contribution in [-0.2, 0) is 0 Å². The van der Waals surface area contributed by atoms with Gasteiger partial charge in [0.1, 0.15) is 24.3 Å². The van der Waals surface area contributed by atoms with Crippen molar-refractivity contribution < 1.29 is 19.0 Å². The number of aliphatic hydroxyl groups excluding tert-OH is 1. The van der Waals surface area contributed by atoms with E-state index >= 15 is 0 Å². The molecule has 0 aliphatic rings. The molecule has 2 aromatic carbocycles. The number of amides is 1. The normalized spacial score (nSPS) is 11.8. The first-order chi connectivity index (χ1) is 12.1. The first kappa shape index (κ1) is 17.1. The van der Waals surface area contributed by atoms with E-state index in [9.17, 15) is 14.3 Å². The highest BCUT2D eigenvalue weighted by molar-refractivity contribution is 7.12. The van der Waals surface area contributed by atoms with Crippen molar-refractivity contribution in [1.82, 2.24) is 0 Å². The Morgan fingerprint density at radius 3 is 2.56 bits per heavy atom. The Bertz CT molecular complexity index is 834. The lowest BCUT2D eigenvalue weighted by Crippen LogP contribution is -2.12. The molecule has 4 nitrogen and oxygen atoms in total. The van der Waals surface area contributed by atoms with Crippen LogP contribution in [-0.4, -0.2) is 17.6 Å². The minimum Gasteiger partial charge on any atom is -0.491 e. The second kappa shape index (κ2) is 7.92. The van der Waals surface area contributed by atoms with E-state index in [0.29, 0.717) is 16.3 Å². The maximum absolute atomic E-state index is 13.6. The van der Waals surface area contributed by atoms with Crippen LogP contribution in [0, 0.1) is 5.82 Å². The Morgan fingerprint density at radius 2 is 1.88 bits per heavy atom. The second-order valence-corrected chi connectivity index (χ2v) is 6.25. The van der Waals surface area contributed by atoms with E-state index in [4.69, 9.17) is 4.74 Å². The molecule has 0 fully saturated rings. The summed E-state index contributed by atoms with van der Waals surface area (Å²) in [4.78, 5) is 12.6. The lowest BCUT2D eigenvalue weighted by Gasteiger charge is -2.13. The molecule has 128 valence electrons. The summed E-state index contributed by atoms with van der Waals surface area (Å²) in [5.41, 5.74) is 0.836. The van der Waals surface area contributed by atoms with Crippen molar-refractivity contribution in [2.45, 2.75) is 6.10 Å². The van der Waals surface area contributed by atoms with Crippen LogP contribution in [0.3, 0.4) is 0 Å². The van der Waals surface area contributed by atoms with Crippen molar-refractivity contribution in [3.8, 4) is 5.75 Å². The predicted molar refractivity (Wildman–Crippen MR) is 95.6 cm³/mol. The largest absolute Gasteiger partial charge is 0.491 e. The number of hydrogen-bond donors (Lipinski definition) is 2. The van der Waals surface area contributed by atoms with Gasteiger partial charge in [-0.3, -0.25) is 4.79 Å². The molecule has 1 amide bonds. The van der Waals surface area contributed by atoms with Gasteiger partial charge in [-0.25, -0.2) is 4.39 Å². The van der Waals surface area contributed by atoms with Gasteiger partial charge in [-0.1, -0.05) is 24.3 Å². The van der Waals surface area contributed by atoms with Crippen LogP contribution in [0.1, 0.15) is 21.3 Å². The number of nitrogens with one attached hydrogen (secondary N) is 1. The zero-order valence-corrected chi connectivity index (χ0v) is 14.0. The van der Waals surface area contributed by atoms with E-state index in [1.165, 1.54) is 23.5 Å². The van der Waals surface area contributed by atoms with E-state index in [1.807, 2.05) is 11.4 Å². The Labute approximate surface area is 148 Å². The van der Waals surface area contributed by atoms with E-state index in [0.717, 1.165) is 0 Å². The summed E-state index contributed by atoms with van der Waals surface area (Å²) < 4.78 is 19.1. The summed E-state index contributed by atoms with van der Waals surface area (Å²) in [6.07, 6.45) is -1.06. The molecule has 0 aliphatic heterocycles. The molecular weight excluding hydrogens is 341 g/mol. The average Bonchev–Trinajstić information content (AvgIpc) is 3.16. The number of hydrogen-bond acceptors (Lipinski definition) is 4. The SMILES string of the molecule is O=C(Nc1ccc(OCC(O)c2ccccc2F)cc1)c1cccs1. The quantitative estimate of drug-likeness (QED) is 0.693. The van der Waals surface area contributed by atoms with Gasteiger partial charge >= 0.3 is 0 Å². The maximum Gasteiger partial charge on any atom is 0.265 e. The standard InChI is InChI=1S/C19H16FNO3S/c20-16-5-2-1-4-15(16)17(22)12-24-14-9-7-13(8-10-14)21-19(23)18-6-3-11-25-18/h1-11,17,22H,12H2,(H,21,23). The van der Waals surface area contributed by atoms with Gasteiger partial charge in [0.25, 0.3) is 5.91 Å². The number of halogens is 1. The summed E-state index contributed by atoms with van der Waals surface area (Å²) in [5, 5.41) is 14.6. The molecule has 25 heavy (non-hydrogen) atoms. The molecule has 0 saturated heterocycles. The van der Waals surface area contributed by atoms with Crippen LogP contribution < -0.4 is 10.1 Å². The lowest BCUT2D eigenvalue weighted by molar-refractivity contribution is 0.103. The van der Waals surface area contributed by atoms with Crippen molar-refractivity contribution in [2.75, 3.05) is 11.9 Å². The van der Waals surface area contributed by atoms with E-state index in [2.05, 4.69) is 5.32 Å². The number of aliphatic hydroxyl groups is 1. The molecule has 1 heterocycles. The Balaban J connectivity index is 1.56. The summed E-state index contributed by atoms with van der Waals surface area (Å²) in [7, 11) is 0. The number of carbonyl (C=O) groups excluding carboxylic acids is 1. The molecule has 1 unspecified atom stereocenters. The summed E-state index contributed by atoms with van der Waals surface area (Å²) in [6.45, 7) is -0.0676. The number of thiophene rings is 1. The summed E-state index contributed by atoms with van der Waals surface area (Å²) >= 11 is 1.37. The number of ether oxygens (including phenoxy) is 1. The molecule has 0 radical (unpaired) electrons. The molecule has 3 rings (SSSR count). The molecule has 1 aromatic heterocycles. The van der Waals surface area contributed by atoms with Crippen molar-refractivity contribution in [3.05, 3.63) is 82.3 Å². The van der Waals surface area contributed by atoms with E-state index in [1.54, 1.807) is 42.5 Å². The zero-order chi connectivity index (χ0) is 17.6. The Morgan fingerprint density at radius 1 is 1.12 bits per heavy atom. The number of rotatable bonds is 6. The third-order valence-corrected chi connectivity index (χ3v) is 4.40. The Kier molecular flexibility index (Phi) is 5.42. The number of carbonyl (C=O) groups is 1. The van der Waals surface area contributed by atoms with Crippen LogP contribution in [0.5, 0.6) is 5.75 Å². The van der Waals surface area contributed by atoms with Gasteiger partial charge < -0.3 is 15.2 Å². The van der Waals surface area contributed by atoms with Gasteiger partial charge in [0.05, 0.1) is 4.88 Å². The average molecular weight is 357 g/mol. The summed E-state index contributed by atoms with van der Waals surface area (Å²) in [5.74, 6) is -0.117. The van der Waals surface area contributed by atoms with Crippen LogP contribution in [0.4, 0.5) is 10.1 Å². The minimum absolute atomic E-state index is 0.0676. The highest BCUT2D eigenvalue weighted by Gasteiger charge is 2.13. The van der Waals surface area contributed by atoms with E-state index in [-0.39, 0.29) is 18.1 Å². The molecule has 0 aliphatic carbocycles. The van der Waals surface area contributed by atoms with Gasteiger partial charge in [-0.15, -0.1) is 11.3 Å². The fraction of sp³-hybridized carbons (Fsp3) is 0.105. The highest BCUT2D eigenvalue weighted by Crippen LogP contribution is 2.21. The van der Waals surface area contributed by atoms with E-state index < -0.39 is 11.9 Å². The monoisotopic (exact) mass is 357 g/mol. The van der Waals surface area contributed by atoms with Crippen LogP contribution >= 0.6 is 11.3 Å². The molecule has 0 saturated carbocycles. The van der Waals surface area contributed by atoms with Gasteiger partial charge in [-0.2, -0.15) is 0 Å². The Hall–Kier alpha value is -2.70. The second-order valence-electron chi connectivity index (χ2n) is 5.30. The summed E-state index contributed by atoms with van der Waals surface area (Å²) in [6, 6.07) is 16.4. The van der Waals surface area contributed by atoms with Crippen molar-refractivity contribution >= 4 is 22.9 Å². The fourth-order valence-corrected chi connectivity index (χ4v) is 2.86. The van der Waals surface area contributed by atoms with Crippen molar-refractivity contribution in [1.29, 1.82) is 0 Å². The third kappa shape index (κ3) is 4.43. The molecule has 2 N–H and O–H groups in total. The molecule has 1 atom stereocenters. The molecule has 6 heteroatoms. The minimum atomic E-state index is -1.06.